The lowest BCUT2D eigenvalue weighted by molar-refractivity contribution is -0.133. The van der Waals surface area contributed by atoms with Crippen LogP contribution in [0.1, 0.15) is 11.1 Å². The highest BCUT2D eigenvalue weighted by atomic mass is 32.2. The minimum atomic E-state index is -3.53. The average molecular weight is 362 g/mol. The lowest BCUT2D eigenvalue weighted by Crippen LogP contribution is -2.51. The van der Waals surface area contributed by atoms with E-state index in [1.54, 1.807) is 34.1 Å². The summed E-state index contributed by atoms with van der Waals surface area (Å²) in [5, 5.41) is 4.02. The van der Waals surface area contributed by atoms with Gasteiger partial charge in [-0.2, -0.15) is 9.40 Å². The normalized spacial score (nSPS) is 16.2. The predicted molar refractivity (Wildman–Crippen MR) is 93.5 cm³/mol. The van der Waals surface area contributed by atoms with E-state index in [4.69, 9.17) is 0 Å². The van der Waals surface area contributed by atoms with Gasteiger partial charge in [0.2, 0.25) is 15.9 Å². The van der Waals surface area contributed by atoms with Gasteiger partial charge in [-0.15, -0.1) is 0 Å². The summed E-state index contributed by atoms with van der Waals surface area (Å²) >= 11 is 0. The van der Waals surface area contributed by atoms with Gasteiger partial charge in [-0.05, 0) is 31.5 Å². The number of carbonyl (C=O) groups is 1. The van der Waals surface area contributed by atoms with Crippen molar-refractivity contribution in [3.8, 4) is 0 Å². The zero-order valence-electron chi connectivity index (χ0n) is 14.4. The molecule has 1 aliphatic heterocycles. The lowest BCUT2D eigenvalue weighted by atomic mass is 10.2. The summed E-state index contributed by atoms with van der Waals surface area (Å²) in [7, 11) is -3.53. The van der Waals surface area contributed by atoms with Gasteiger partial charge in [0.25, 0.3) is 0 Å². The second-order valence-corrected chi connectivity index (χ2v) is 8.16. The topological polar surface area (TPSA) is 75.5 Å². The molecule has 1 aliphatic rings. The lowest BCUT2D eigenvalue weighted by Gasteiger charge is -2.34. The number of carbonyl (C=O) groups excluding carboxylic acids is 1. The Bertz CT molecular complexity index is 854. The molecule has 7 nitrogen and oxygen atoms in total. The van der Waals surface area contributed by atoms with Crippen LogP contribution in [0.3, 0.4) is 0 Å². The van der Waals surface area contributed by atoms with Crippen molar-refractivity contribution in [3.05, 3.63) is 47.8 Å². The van der Waals surface area contributed by atoms with Crippen molar-refractivity contribution < 1.29 is 13.2 Å². The molecule has 1 fully saturated rings. The van der Waals surface area contributed by atoms with Gasteiger partial charge in [0, 0.05) is 38.6 Å². The Morgan fingerprint density at radius 2 is 1.88 bits per heavy atom. The fourth-order valence-electron chi connectivity index (χ4n) is 3.04. The fraction of sp³-hybridized carbons (Fsp3) is 0.412. The van der Waals surface area contributed by atoms with Crippen LogP contribution in [0.2, 0.25) is 0 Å². The highest BCUT2D eigenvalue weighted by molar-refractivity contribution is 7.89. The number of nitrogens with zero attached hydrogens (tertiary/aromatic N) is 4. The Morgan fingerprint density at radius 3 is 2.48 bits per heavy atom. The number of aryl methyl sites for hydroxylation is 2. The van der Waals surface area contributed by atoms with Gasteiger partial charge in [-0.25, -0.2) is 8.42 Å². The van der Waals surface area contributed by atoms with Gasteiger partial charge in [-0.3, -0.25) is 9.48 Å². The van der Waals surface area contributed by atoms with Gasteiger partial charge in [0.1, 0.15) is 6.54 Å². The van der Waals surface area contributed by atoms with E-state index in [1.165, 1.54) is 4.31 Å². The van der Waals surface area contributed by atoms with E-state index in [-0.39, 0.29) is 12.5 Å². The molecule has 0 aliphatic carbocycles. The number of amides is 1. The monoisotopic (exact) mass is 362 g/mol. The van der Waals surface area contributed by atoms with E-state index in [0.717, 1.165) is 11.1 Å². The molecule has 1 saturated heterocycles. The van der Waals surface area contributed by atoms with Crippen LogP contribution >= 0.6 is 0 Å². The molecule has 0 saturated carbocycles. The quantitative estimate of drug-likeness (QED) is 0.814. The molecular weight excluding hydrogens is 340 g/mol. The van der Waals surface area contributed by atoms with Crippen LogP contribution in [0.5, 0.6) is 0 Å². The van der Waals surface area contributed by atoms with Crippen molar-refractivity contribution in [2.45, 2.75) is 25.3 Å². The number of sulfonamides is 1. The summed E-state index contributed by atoms with van der Waals surface area (Å²) in [5.74, 6) is -0.0488. The molecule has 2 aromatic rings. The van der Waals surface area contributed by atoms with E-state index >= 15 is 0 Å². The number of aromatic nitrogens is 2. The molecule has 0 spiro atoms. The summed E-state index contributed by atoms with van der Waals surface area (Å²) in [4.78, 5) is 14.3. The molecule has 3 rings (SSSR count). The van der Waals surface area contributed by atoms with Crippen molar-refractivity contribution >= 4 is 15.9 Å². The highest BCUT2D eigenvalue weighted by Gasteiger charge is 2.31. The summed E-state index contributed by atoms with van der Waals surface area (Å²) in [6.07, 6.45) is 3.36. The van der Waals surface area contributed by atoms with Crippen molar-refractivity contribution in [3.63, 3.8) is 0 Å². The minimum absolute atomic E-state index is 0.0488. The van der Waals surface area contributed by atoms with Crippen molar-refractivity contribution in [1.29, 1.82) is 0 Å². The Kier molecular flexibility index (Phi) is 4.91. The molecule has 0 radical (unpaired) electrons. The molecule has 1 aromatic heterocycles. The summed E-state index contributed by atoms with van der Waals surface area (Å²) in [5.41, 5.74) is 1.78. The van der Waals surface area contributed by atoms with E-state index in [2.05, 4.69) is 5.10 Å². The van der Waals surface area contributed by atoms with Gasteiger partial charge in [-0.1, -0.05) is 17.7 Å². The second kappa shape index (κ2) is 6.97. The fourth-order valence-corrected chi connectivity index (χ4v) is 4.67. The molecular formula is C17H22N4O3S. The maximum Gasteiger partial charge on any atom is 0.244 e. The Morgan fingerprint density at radius 1 is 1.16 bits per heavy atom. The first kappa shape index (κ1) is 17.6. The van der Waals surface area contributed by atoms with Crippen LogP contribution in [0, 0.1) is 13.8 Å². The summed E-state index contributed by atoms with van der Waals surface area (Å²) in [6.45, 7) is 5.32. The molecule has 2 heterocycles. The third-order valence-corrected chi connectivity index (χ3v) is 6.45. The van der Waals surface area contributed by atoms with E-state index in [1.807, 2.05) is 26.0 Å². The highest BCUT2D eigenvalue weighted by Crippen LogP contribution is 2.22. The Hall–Kier alpha value is -2.19. The number of rotatable bonds is 4. The molecule has 0 unspecified atom stereocenters. The predicted octanol–water partition coefficient (Wildman–Crippen LogP) is 1.03. The first-order valence-corrected chi connectivity index (χ1v) is 9.64. The van der Waals surface area contributed by atoms with Crippen molar-refractivity contribution in [2.24, 2.45) is 0 Å². The maximum absolute atomic E-state index is 12.9. The van der Waals surface area contributed by atoms with E-state index in [9.17, 15) is 13.2 Å². The van der Waals surface area contributed by atoms with E-state index < -0.39 is 10.0 Å². The number of benzene rings is 1. The molecule has 8 heteroatoms. The first-order chi connectivity index (χ1) is 11.9. The van der Waals surface area contributed by atoms with Crippen LogP contribution < -0.4 is 0 Å². The molecule has 1 aromatic carbocycles. The molecule has 134 valence electrons. The smallest absolute Gasteiger partial charge is 0.244 e. The van der Waals surface area contributed by atoms with Crippen LogP contribution in [0.25, 0.3) is 0 Å². The Balaban J connectivity index is 1.66. The van der Waals surface area contributed by atoms with Crippen LogP contribution in [0.4, 0.5) is 0 Å². The molecule has 0 atom stereocenters. The summed E-state index contributed by atoms with van der Waals surface area (Å²) < 4.78 is 28.8. The Labute approximate surface area is 147 Å². The third kappa shape index (κ3) is 3.74. The molecule has 1 amide bonds. The first-order valence-electron chi connectivity index (χ1n) is 8.20. The largest absolute Gasteiger partial charge is 0.338 e. The van der Waals surface area contributed by atoms with Gasteiger partial charge in [0.05, 0.1) is 4.90 Å². The van der Waals surface area contributed by atoms with Gasteiger partial charge in [0.15, 0.2) is 0 Å². The number of piperazine rings is 1. The van der Waals surface area contributed by atoms with Crippen LogP contribution in [0.15, 0.2) is 41.6 Å². The standard InChI is InChI=1S/C17H22N4O3S/c1-14-4-5-16(15(2)12-14)25(23,24)21-10-8-19(9-11-21)17(22)13-20-7-3-6-18-20/h3-7,12H,8-11,13H2,1-2H3. The second-order valence-electron chi connectivity index (χ2n) is 6.26. The summed E-state index contributed by atoms with van der Waals surface area (Å²) in [6, 6.07) is 7.11. The van der Waals surface area contributed by atoms with Crippen LogP contribution in [-0.2, 0) is 21.4 Å². The van der Waals surface area contributed by atoms with Gasteiger partial charge < -0.3 is 4.90 Å². The van der Waals surface area contributed by atoms with E-state index in [0.29, 0.717) is 31.1 Å². The third-order valence-electron chi connectivity index (χ3n) is 4.40. The SMILES string of the molecule is Cc1ccc(S(=O)(=O)N2CCN(C(=O)Cn3cccn3)CC2)c(C)c1. The minimum Gasteiger partial charge on any atom is -0.338 e. The molecule has 0 N–H and O–H groups in total. The molecule has 25 heavy (non-hydrogen) atoms. The zero-order chi connectivity index (χ0) is 18.0. The molecule has 0 bridgehead atoms. The number of hydrogen-bond donors (Lipinski definition) is 0. The number of hydrogen-bond acceptors (Lipinski definition) is 4. The van der Waals surface area contributed by atoms with Crippen molar-refractivity contribution in [1.82, 2.24) is 19.0 Å². The maximum atomic E-state index is 12.9. The van der Waals surface area contributed by atoms with Gasteiger partial charge >= 0.3 is 0 Å². The average Bonchev–Trinajstić information content (AvgIpc) is 3.07. The van der Waals surface area contributed by atoms with Crippen molar-refractivity contribution in [2.75, 3.05) is 26.2 Å². The van der Waals surface area contributed by atoms with Crippen LogP contribution in [-0.4, -0.2) is 59.5 Å². The zero-order valence-corrected chi connectivity index (χ0v) is 15.2.